The maximum Gasteiger partial charge on any atom is 0.416 e. The van der Waals surface area contributed by atoms with Crippen molar-refractivity contribution in [1.82, 2.24) is 10.2 Å². The number of rotatable bonds is 5. The molecule has 3 aromatic carbocycles. The Hall–Kier alpha value is -3.37. The predicted molar refractivity (Wildman–Crippen MR) is 134 cm³/mol. The number of likely N-dealkylation sites (tertiary alicyclic amines) is 1. The van der Waals surface area contributed by atoms with Gasteiger partial charge in [0, 0.05) is 36.8 Å². The molecule has 0 bridgehead atoms. The molecule has 0 aromatic heterocycles. The van der Waals surface area contributed by atoms with Crippen LogP contribution in [0.25, 0.3) is 11.1 Å². The van der Waals surface area contributed by atoms with Crippen molar-refractivity contribution >= 4 is 21.6 Å². The van der Waals surface area contributed by atoms with Crippen LogP contribution in [0.1, 0.15) is 24.0 Å². The smallest absolute Gasteiger partial charge is 0.352 e. The van der Waals surface area contributed by atoms with Crippen LogP contribution in [0, 0.1) is 0 Å². The molecule has 0 atom stereocenters. The molecule has 6 nitrogen and oxygen atoms in total. The summed E-state index contributed by atoms with van der Waals surface area (Å²) >= 11 is 0. The number of fused-ring (bicyclic) bond motifs is 3. The molecular weight excluding hydrogens is 503 g/mol. The highest BCUT2D eigenvalue weighted by Crippen LogP contribution is 2.45. The summed E-state index contributed by atoms with van der Waals surface area (Å²) in [6.07, 6.45) is -3.14. The molecule has 2 heterocycles. The average Bonchev–Trinajstić information content (AvgIpc) is 2.88. The van der Waals surface area contributed by atoms with Crippen LogP contribution in [0.5, 0.6) is 0 Å². The first-order valence-electron chi connectivity index (χ1n) is 12.0. The molecule has 0 unspecified atom stereocenters. The Morgan fingerprint density at radius 3 is 2.30 bits per heavy atom. The fourth-order valence-corrected chi connectivity index (χ4v) is 6.61. The third kappa shape index (κ3) is 5.21. The Morgan fingerprint density at radius 1 is 0.919 bits per heavy atom. The van der Waals surface area contributed by atoms with Gasteiger partial charge in [-0.1, -0.05) is 48.5 Å². The van der Waals surface area contributed by atoms with Crippen LogP contribution < -0.4 is 9.62 Å². The van der Waals surface area contributed by atoms with Crippen LogP contribution in [0.3, 0.4) is 0 Å². The van der Waals surface area contributed by atoms with Crippen LogP contribution in [-0.2, 0) is 27.5 Å². The van der Waals surface area contributed by atoms with Gasteiger partial charge in [0.25, 0.3) is 10.0 Å². The minimum Gasteiger partial charge on any atom is -0.352 e. The van der Waals surface area contributed by atoms with Gasteiger partial charge in [-0.15, -0.1) is 0 Å². The number of carbonyl (C=O) groups excluding carboxylic acids is 1. The summed E-state index contributed by atoms with van der Waals surface area (Å²) < 4.78 is 67.9. The van der Waals surface area contributed by atoms with Crippen molar-refractivity contribution in [3.8, 4) is 11.1 Å². The molecule has 0 spiro atoms. The highest BCUT2D eigenvalue weighted by atomic mass is 32.2. The molecule has 0 saturated carbocycles. The number of anilines is 1. The van der Waals surface area contributed by atoms with Crippen molar-refractivity contribution < 1.29 is 26.4 Å². The molecule has 3 aromatic rings. The highest BCUT2D eigenvalue weighted by Gasteiger charge is 2.39. The second-order valence-electron chi connectivity index (χ2n) is 9.34. The van der Waals surface area contributed by atoms with Crippen molar-refractivity contribution in [1.29, 1.82) is 0 Å². The zero-order valence-corrected chi connectivity index (χ0v) is 20.7. The zero-order chi connectivity index (χ0) is 26.2. The van der Waals surface area contributed by atoms with Crippen molar-refractivity contribution in [3.63, 3.8) is 0 Å². The lowest BCUT2D eigenvalue weighted by atomic mass is 10.00. The molecule has 2 aliphatic heterocycles. The molecule has 5 rings (SSSR count). The molecule has 194 valence electrons. The Balaban J connectivity index is 1.31. The van der Waals surface area contributed by atoms with E-state index in [4.69, 9.17) is 0 Å². The number of halogens is 3. The van der Waals surface area contributed by atoms with E-state index in [-0.39, 0.29) is 27.8 Å². The van der Waals surface area contributed by atoms with Gasteiger partial charge in [-0.3, -0.25) is 14.0 Å². The summed E-state index contributed by atoms with van der Waals surface area (Å²) in [5.74, 6) is -0.490. The fourth-order valence-electron chi connectivity index (χ4n) is 4.96. The minimum absolute atomic E-state index is 0.0551. The normalized spacial score (nSPS) is 17.6. The van der Waals surface area contributed by atoms with E-state index in [1.165, 1.54) is 23.8 Å². The number of hydrogen-bond acceptors (Lipinski definition) is 4. The lowest BCUT2D eigenvalue weighted by molar-refractivity contribution is -0.137. The Labute approximate surface area is 213 Å². The largest absolute Gasteiger partial charge is 0.416 e. The monoisotopic (exact) mass is 529 g/mol. The van der Waals surface area contributed by atoms with Crippen molar-refractivity contribution in [2.75, 3.05) is 23.9 Å². The van der Waals surface area contributed by atoms with Gasteiger partial charge in [0.05, 0.1) is 16.1 Å². The quantitative estimate of drug-likeness (QED) is 0.522. The third-order valence-electron chi connectivity index (χ3n) is 6.83. The van der Waals surface area contributed by atoms with Gasteiger partial charge in [0.1, 0.15) is 6.54 Å². The van der Waals surface area contributed by atoms with Gasteiger partial charge in [-0.2, -0.15) is 13.2 Å². The molecule has 0 radical (unpaired) electrons. The molecular formula is C27H26F3N3O3S. The fraction of sp³-hybridized carbons (Fsp3) is 0.296. The molecule has 1 saturated heterocycles. The van der Waals surface area contributed by atoms with E-state index in [1.807, 2.05) is 18.2 Å². The number of nitrogens with one attached hydrogen (secondary N) is 1. The molecule has 1 fully saturated rings. The number of alkyl halides is 3. The van der Waals surface area contributed by atoms with Crippen LogP contribution in [0.4, 0.5) is 18.9 Å². The molecule has 1 N–H and O–H groups in total. The van der Waals surface area contributed by atoms with E-state index in [1.54, 1.807) is 6.07 Å². The summed E-state index contributed by atoms with van der Waals surface area (Å²) in [7, 11) is -4.14. The van der Waals surface area contributed by atoms with Crippen LogP contribution in [0.15, 0.2) is 77.7 Å². The maximum atomic E-state index is 13.4. The van der Waals surface area contributed by atoms with Crippen LogP contribution >= 0.6 is 0 Å². The van der Waals surface area contributed by atoms with E-state index in [2.05, 4.69) is 22.3 Å². The number of amides is 1. The average molecular weight is 530 g/mol. The minimum atomic E-state index is -4.59. The third-order valence-corrected chi connectivity index (χ3v) is 8.64. The maximum absolute atomic E-state index is 13.4. The summed E-state index contributed by atoms with van der Waals surface area (Å²) in [6.45, 7) is 1.89. The van der Waals surface area contributed by atoms with E-state index < -0.39 is 34.2 Å². The van der Waals surface area contributed by atoms with Gasteiger partial charge in [0.15, 0.2) is 0 Å². The second-order valence-corrected chi connectivity index (χ2v) is 11.2. The van der Waals surface area contributed by atoms with Gasteiger partial charge >= 0.3 is 6.18 Å². The predicted octanol–water partition coefficient (Wildman–Crippen LogP) is 4.66. The number of piperidine rings is 1. The van der Waals surface area contributed by atoms with Gasteiger partial charge in [-0.05, 0) is 42.7 Å². The van der Waals surface area contributed by atoms with Gasteiger partial charge < -0.3 is 5.32 Å². The van der Waals surface area contributed by atoms with Gasteiger partial charge in [0.2, 0.25) is 5.91 Å². The molecule has 2 aliphatic rings. The first-order valence-corrected chi connectivity index (χ1v) is 13.5. The van der Waals surface area contributed by atoms with Crippen LogP contribution in [0.2, 0.25) is 0 Å². The summed E-state index contributed by atoms with van der Waals surface area (Å²) in [4.78, 5) is 15.2. The topological polar surface area (TPSA) is 69.7 Å². The first-order chi connectivity index (χ1) is 17.6. The summed E-state index contributed by atoms with van der Waals surface area (Å²) in [6, 6.07) is 18.8. The molecule has 1 amide bonds. The lowest BCUT2D eigenvalue weighted by Crippen LogP contribution is -2.48. The van der Waals surface area contributed by atoms with E-state index in [0.717, 1.165) is 55.0 Å². The van der Waals surface area contributed by atoms with E-state index in [9.17, 15) is 26.4 Å². The molecule has 10 heteroatoms. The Kier molecular flexibility index (Phi) is 6.72. The SMILES string of the molecule is O=C(CN1c2ccc(C(F)(F)F)cc2-c2ccccc2S1(=O)=O)NC1CCN(Cc2ccccc2)CC1. The molecule has 37 heavy (non-hydrogen) atoms. The molecule has 0 aliphatic carbocycles. The Bertz CT molecular complexity index is 1400. The summed E-state index contributed by atoms with van der Waals surface area (Å²) in [5, 5.41) is 2.93. The van der Waals surface area contributed by atoms with E-state index in [0.29, 0.717) is 0 Å². The van der Waals surface area contributed by atoms with E-state index >= 15 is 0 Å². The number of benzene rings is 3. The van der Waals surface area contributed by atoms with Crippen molar-refractivity contribution in [3.05, 3.63) is 83.9 Å². The zero-order valence-electron chi connectivity index (χ0n) is 19.9. The number of nitrogens with zero attached hydrogens (tertiary/aromatic N) is 2. The number of sulfonamides is 1. The highest BCUT2D eigenvalue weighted by molar-refractivity contribution is 7.93. The van der Waals surface area contributed by atoms with Crippen LogP contribution in [-0.4, -0.2) is 44.9 Å². The lowest BCUT2D eigenvalue weighted by Gasteiger charge is -2.34. The second kappa shape index (κ2) is 9.83. The van der Waals surface area contributed by atoms with Gasteiger partial charge in [-0.25, -0.2) is 8.42 Å². The first kappa shape index (κ1) is 25.3. The Morgan fingerprint density at radius 2 is 1.59 bits per heavy atom. The standard InChI is InChI=1S/C27H26F3N3O3S/c28-27(29,30)20-10-11-24-23(16-20)22-8-4-5-9-25(22)37(35,36)33(24)18-26(34)31-21-12-14-32(15-13-21)17-19-6-2-1-3-7-19/h1-11,16,21H,12-15,17-18H2,(H,31,34). The van der Waals surface area contributed by atoms with Crippen molar-refractivity contribution in [2.45, 2.75) is 36.5 Å². The summed E-state index contributed by atoms with van der Waals surface area (Å²) in [5.41, 5.74) is 0.702. The number of hydrogen-bond donors (Lipinski definition) is 1. The van der Waals surface area contributed by atoms with Crippen molar-refractivity contribution in [2.24, 2.45) is 0 Å². The number of carbonyl (C=O) groups is 1.